The van der Waals surface area contributed by atoms with Gasteiger partial charge in [-0.05, 0) is 6.07 Å². The molecular formula is C16H22N6O. The Kier molecular flexibility index (Phi) is 4.87. The smallest absolute Gasteiger partial charge is 0.250 e. The van der Waals surface area contributed by atoms with Gasteiger partial charge in [-0.25, -0.2) is 9.97 Å². The molecule has 0 aliphatic carbocycles. The van der Waals surface area contributed by atoms with Crippen molar-refractivity contribution in [2.45, 2.75) is 6.54 Å². The predicted molar refractivity (Wildman–Crippen MR) is 90.9 cm³/mol. The van der Waals surface area contributed by atoms with Gasteiger partial charge in [0.15, 0.2) is 0 Å². The third kappa shape index (κ3) is 3.87. The molecule has 7 heteroatoms. The van der Waals surface area contributed by atoms with Crippen molar-refractivity contribution in [1.82, 2.24) is 19.4 Å². The molecule has 1 aliphatic heterocycles. The second-order valence-corrected chi connectivity index (χ2v) is 5.57. The summed E-state index contributed by atoms with van der Waals surface area (Å²) < 4.78 is 1.76. The van der Waals surface area contributed by atoms with Crippen molar-refractivity contribution in [1.29, 1.82) is 0 Å². The summed E-state index contributed by atoms with van der Waals surface area (Å²) >= 11 is 0. The van der Waals surface area contributed by atoms with Crippen LogP contribution in [0, 0.1) is 0 Å². The van der Waals surface area contributed by atoms with Crippen molar-refractivity contribution in [2.75, 3.05) is 50.0 Å². The summed E-state index contributed by atoms with van der Waals surface area (Å²) in [6.45, 7) is 5.44. The molecule has 3 heterocycles. The van der Waals surface area contributed by atoms with Crippen LogP contribution in [0.25, 0.3) is 0 Å². The lowest BCUT2D eigenvalue weighted by Gasteiger charge is -2.35. The zero-order chi connectivity index (χ0) is 16.1. The standard InChI is InChI=1S/C16H22N6O/c1-17-14-12-15(19-13-18-14)21-9-6-20(7-10-21)8-11-22-5-3-2-4-16(22)23/h2-5,12-13H,6-11H2,1H3,(H,17,18,19). The van der Waals surface area contributed by atoms with Crippen LogP contribution in [-0.2, 0) is 6.54 Å². The molecule has 2 aromatic rings. The first-order valence-corrected chi connectivity index (χ1v) is 7.89. The van der Waals surface area contributed by atoms with E-state index in [2.05, 4.69) is 25.1 Å². The van der Waals surface area contributed by atoms with E-state index in [0.29, 0.717) is 0 Å². The molecule has 122 valence electrons. The molecule has 0 spiro atoms. The molecule has 1 aliphatic rings. The van der Waals surface area contributed by atoms with Crippen LogP contribution in [0.1, 0.15) is 0 Å². The van der Waals surface area contributed by atoms with Crippen LogP contribution in [0.4, 0.5) is 11.6 Å². The largest absolute Gasteiger partial charge is 0.373 e. The Bertz CT molecular complexity index is 693. The van der Waals surface area contributed by atoms with Gasteiger partial charge in [0.1, 0.15) is 18.0 Å². The van der Waals surface area contributed by atoms with Gasteiger partial charge in [-0.3, -0.25) is 9.69 Å². The van der Waals surface area contributed by atoms with Crippen molar-refractivity contribution >= 4 is 11.6 Å². The summed E-state index contributed by atoms with van der Waals surface area (Å²) in [7, 11) is 1.86. The predicted octanol–water partition coefficient (Wildman–Crippen LogP) is 0.502. The summed E-state index contributed by atoms with van der Waals surface area (Å²) in [4.78, 5) is 24.9. The van der Waals surface area contributed by atoms with Gasteiger partial charge in [-0.2, -0.15) is 0 Å². The highest BCUT2D eigenvalue weighted by Crippen LogP contribution is 2.15. The third-order valence-electron chi connectivity index (χ3n) is 4.16. The van der Waals surface area contributed by atoms with E-state index in [0.717, 1.165) is 50.9 Å². The van der Waals surface area contributed by atoms with E-state index < -0.39 is 0 Å². The molecule has 0 aromatic carbocycles. The molecule has 1 saturated heterocycles. The van der Waals surface area contributed by atoms with Gasteiger partial charge in [-0.1, -0.05) is 6.07 Å². The number of anilines is 2. The average molecular weight is 314 g/mol. The highest BCUT2D eigenvalue weighted by atomic mass is 16.1. The molecule has 0 atom stereocenters. The molecule has 0 bridgehead atoms. The Labute approximate surface area is 135 Å². The maximum absolute atomic E-state index is 11.7. The Hall–Kier alpha value is -2.41. The lowest BCUT2D eigenvalue weighted by Crippen LogP contribution is -2.47. The number of nitrogens with one attached hydrogen (secondary N) is 1. The number of nitrogens with zero attached hydrogens (tertiary/aromatic N) is 5. The van der Waals surface area contributed by atoms with Crippen LogP contribution in [-0.4, -0.2) is 59.2 Å². The van der Waals surface area contributed by atoms with Gasteiger partial charge in [-0.15, -0.1) is 0 Å². The van der Waals surface area contributed by atoms with Crippen LogP contribution in [0.15, 0.2) is 41.6 Å². The van der Waals surface area contributed by atoms with Crippen molar-refractivity contribution in [3.05, 3.63) is 47.1 Å². The normalized spacial score (nSPS) is 15.6. The van der Waals surface area contributed by atoms with E-state index in [1.54, 1.807) is 23.0 Å². The van der Waals surface area contributed by atoms with Crippen LogP contribution in [0.3, 0.4) is 0 Å². The van der Waals surface area contributed by atoms with Gasteiger partial charge >= 0.3 is 0 Å². The number of hydrogen-bond donors (Lipinski definition) is 1. The highest BCUT2D eigenvalue weighted by Gasteiger charge is 2.18. The van der Waals surface area contributed by atoms with Gasteiger partial charge in [0, 0.05) is 64.6 Å². The molecule has 2 aromatic heterocycles. The molecule has 1 fully saturated rings. The minimum absolute atomic E-state index is 0.0618. The van der Waals surface area contributed by atoms with Gasteiger partial charge in [0.05, 0.1) is 0 Å². The fourth-order valence-corrected chi connectivity index (χ4v) is 2.75. The van der Waals surface area contributed by atoms with E-state index in [1.807, 2.05) is 25.4 Å². The zero-order valence-corrected chi connectivity index (χ0v) is 13.4. The SMILES string of the molecule is CNc1cc(N2CCN(CCn3ccccc3=O)CC2)ncn1. The number of rotatable bonds is 5. The molecule has 0 saturated carbocycles. The lowest BCUT2D eigenvalue weighted by atomic mass is 10.3. The molecule has 0 unspecified atom stereocenters. The molecule has 7 nitrogen and oxygen atoms in total. The monoisotopic (exact) mass is 314 g/mol. The maximum Gasteiger partial charge on any atom is 0.250 e. The van der Waals surface area contributed by atoms with E-state index in [4.69, 9.17) is 0 Å². The summed E-state index contributed by atoms with van der Waals surface area (Å²) in [5, 5.41) is 3.04. The Morgan fingerprint density at radius 2 is 1.96 bits per heavy atom. The van der Waals surface area contributed by atoms with Gasteiger partial charge in [0.25, 0.3) is 5.56 Å². The topological polar surface area (TPSA) is 66.3 Å². The van der Waals surface area contributed by atoms with Crippen LogP contribution < -0.4 is 15.8 Å². The second kappa shape index (κ2) is 7.23. The van der Waals surface area contributed by atoms with Crippen molar-refractivity contribution < 1.29 is 0 Å². The molecule has 0 amide bonds. The summed E-state index contributed by atoms with van der Waals surface area (Å²) in [6.07, 6.45) is 3.44. The maximum atomic E-state index is 11.7. The Balaban J connectivity index is 1.52. The van der Waals surface area contributed by atoms with E-state index in [9.17, 15) is 4.79 Å². The van der Waals surface area contributed by atoms with Crippen LogP contribution in [0.5, 0.6) is 0 Å². The van der Waals surface area contributed by atoms with Crippen LogP contribution in [0.2, 0.25) is 0 Å². The first-order chi connectivity index (χ1) is 11.3. The average Bonchev–Trinajstić information content (AvgIpc) is 2.61. The fraction of sp³-hybridized carbons (Fsp3) is 0.438. The Morgan fingerprint density at radius 1 is 1.13 bits per heavy atom. The van der Waals surface area contributed by atoms with Crippen molar-refractivity contribution in [3.63, 3.8) is 0 Å². The lowest BCUT2D eigenvalue weighted by molar-refractivity contribution is 0.246. The zero-order valence-electron chi connectivity index (χ0n) is 13.4. The fourth-order valence-electron chi connectivity index (χ4n) is 2.75. The third-order valence-corrected chi connectivity index (χ3v) is 4.16. The number of aromatic nitrogens is 3. The molecular weight excluding hydrogens is 292 g/mol. The number of pyridine rings is 1. The van der Waals surface area contributed by atoms with Gasteiger partial charge in [0.2, 0.25) is 0 Å². The van der Waals surface area contributed by atoms with Crippen LogP contribution >= 0.6 is 0 Å². The minimum atomic E-state index is 0.0618. The quantitative estimate of drug-likeness (QED) is 0.867. The summed E-state index contributed by atoms with van der Waals surface area (Å²) in [6, 6.07) is 7.25. The summed E-state index contributed by atoms with van der Waals surface area (Å²) in [5.74, 6) is 1.80. The van der Waals surface area contributed by atoms with Crippen molar-refractivity contribution in [3.8, 4) is 0 Å². The van der Waals surface area contributed by atoms with E-state index in [1.165, 1.54) is 0 Å². The molecule has 1 N–H and O–H groups in total. The first kappa shape index (κ1) is 15.5. The summed E-state index contributed by atoms with van der Waals surface area (Å²) in [5.41, 5.74) is 0.0618. The molecule has 23 heavy (non-hydrogen) atoms. The highest BCUT2D eigenvalue weighted by molar-refractivity contribution is 5.48. The molecule has 3 rings (SSSR count). The first-order valence-electron chi connectivity index (χ1n) is 7.89. The van der Waals surface area contributed by atoms with E-state index >= 15 is 0 Å². The number of hydrogen-bond acceptors (Lipinski definition) is 6. The Morgan fingerprint density at radius 3 is 2.70 bits per heavy atom. The minimum Gasteiger partial charge on any atom is -0.373 e. The van der Waals surface area contributed by atoms with E-state index in [-0.39, 0.29) is 5.56 Å². The number of piperazine rings is 1. The van der Waals surface area contributed by atoms with Gasteiger partial charge < -0.3 is 14.8 Å². The van der Waals surface area contributed by atoms with Crippen molar-refractivity contribution in [2.24, 2.45) is 0 Å². The second-order valence-electron chi connectivity index (χ2n) is 5.57. The molecule has 0 radical (unpaired) electrons.